The van der Waals surface area contributed by atoms with E-state index in [1.165, 1.54) is 22.6 Å². The highest BCUT2D eigenvalue weighted by Gasteiger charge is 2.42. The van der Waals surface area contributed by atoms with Gasteiger partial charge in [0.2, 0.25) is 0 Å². The number of benzene rings is 2. The molecule has 1 unspecified atom stereocenters. The summed E-state index contributed by atoms with van der Waals surface area (Å²) in [5.41, 5.74) is 4.91. The molecular weight excluding hydrogens is 274 g/mol. The fourth-order valence-corrected chi connectivity index (χ4v) is 5.16. The molecule has 0 saturated carbocycles. The molecule has 2 heterocycles. The van der Waals surface area contributed by atoms with Crippen LogP contribution >= 0.6 is 11.8 Å². The van der Waals surface area contributed by atoms with Crippen molar-refractivity contribution in [3.8, 4) is 0 Å². The number of fused-ring (bicyclic) bond motifs is 1. The van der Waals surface area contributed by atoms with E-state index in [-0.39, 0.29) is 0 Å². The van der Waals surface area contributed by atoms with Crippen molar-refractivity contribution in [2.45, 2.75) is 29.6 Å². The number of hydrogen-bond donors (Lipinski definition) is 1. The number of rotatable bonds is 3. The first-order valence-corrected chi connectivity index (χ1v) is 8.76. The third-order valence-electron chi connectivity index (χ3n) is 5.08. The Kier molecular flexibility index (Phi) is 3.31. The molecule has 0 radical (unpaired) electrons. The summed E-state index contributed by atoms with van der Waals surface area (Å²) < 4.78 is 0. The molecule has 2 aliphatic rings. The molecule has 1 fully saturated rings. The van der Waals surface area contributed by atoms with E-state index < -0.39 is 0 Å². The predicted octanol–water partition coefficient (Wildman–Crippen LogP) is 4.12. The molecule has 0 amide bonds. The third-order valence-corrected chi connectivity index (χ3v) is 6.33. The van der Waals surface area contributed by atoms with Crippen LogP contribution in [0.3, 0.4) is 0 Å². The quantitative estimate of drug-likeness (QED) is 0.914. The van der Waals surface area contributed by atoms with E-state index in [2.05, 4.69) is 60.8 Å². The minimum Gasteiger partial charge on any atom is -0.315 e. The average Bonchev–Trinajstić information content (AvgIpc) is 2.87. The van der Waals surface area contributed by atoms with Gasteiger partial charge in [-0.15, -0.1) is 11.8 Å². The third kappa shape index (κ3) is 2.21. The van der Waals surface area contributed by atoms with E-state index in [4.69, 9.17) is 0 Å². The first-order chi connectivity index (χ1) is 10.3. The van der Waals surface area contributed by atoms with Gasteiger partial charge in [0.05, 0.1) is 0 Å². The van der Waals surface area contributed by atoms with E-state index >= 15 is 0 Å². The van der Waals surface area contributed by atoms with Gasteiger partial charge in [0.1, 0.15) is 0 Å². The average molecular weight is 295 g/mol. The number of aryl methyl sites for hydroxylation is 1. The summed E-state index contributed by atoms with van der Waals surface area (Å²) in [7, 11) is 0. The van der Waals surface area contributed by atoms with Crippen LogP contribution in [0.4, 0.5) is 0 Å². The van der Waals surface area contributed by atoms with E-state index in [9.17, 15) is 0 Å². The van der Waals surface area contributed by atoms with Crippen molar-refractivity contribution in [1.29, 1.82) is 0 Å². The first kappa shape index (κ1) is 13.4. The van der Waals surface area contributed by atoms with Crippen molar-refractivity contribution < 1.29 is 0 Å². The van der Waals surface area contributed by atoms with Crippen LogP contribution in [0.1, 0.15) is 29.0 Å². The molecule has 1 saturated heterocycles. The summed E-state index contributed by atoms with van der Waals surface area (Å²) in [6, 6.07) is 17.9. The van der Waals surface area contributed by atoms with Crippen molar-refractivity contribution in [2.75, 3.05) is 18.8 Å². The molecule has 108 valence electrons. The van der Waals surface area contributed by atoms with Gasteiger partial charge in [-0.3, -0.25) is 0 Å². The zero-order chi connectivity index (χ0) is 14.3. The molecule has 0 spiro atoms. The highest BCUT2D eigenvalue weighted by molar-refractivity contribution is 7.99. The second kappa shape index (κ2) is 5.19. The predicted molar refractivity (Wildman–Crippen MR) is 90.3 cm³/mol. The normalized spacial score (nSPS) is 22.6. The molecule has 4 rings (SSSR count). The Morgan fingerprint density at radius 1 is 1.10 bits per heavy atom. The minimum absolute atomic E-state index is 0.341. The van der Waals surface area contributed by atoms with Gasteiger partial charge >= 0.3 is 0 Å². The summed E-state index contributed by atoms with van der Waals surface area (Å²) in [6.07, 6.45) is 1.27. The lowest BCUT2D eigenvalue weighted by molar-refractivity contribution is 0.244. The van der Waals surface area contributed by atoms with Crippen molar-refractivity contribution in [3.63, 3.8) is 0 Å². The van der Waals surface area contributed by atoms with Gasteiger partial charge in [0, 0.05) is 29.2 Å². The smallest absolute Gasteiger partial charge is 0.0211 e. The Labute approximate surface area is 131 Å². The number of hydrogen-bond acceptors (Lipinski definition) is 2. The van der Waals surface area contributed by atoms with Gasteiger partial charge in [-0.25, -0.2) is 0 Å². The van der Waals surface area contributed by atoms with Crippen molar-refractivity contribution >= 4 is 11.8 Å². The van der Waals surface area contributed by atoms with Crippen LogP contribution in [0.15, 0.2) is 53.4 Å². The van der Waals surface area contributed by atoms with Crippen LogP contribution in [-0.4, -0.2) is 18.8 Å². The van der Waals surface area contributed by atoms with Gasteiger partial charge in [0.25, 0.3) is 0 Å². The topological polar surface area (TPSA) is 12.0 Å². The summed E-state index contributed by atoms with van der Waals surface area (Å²) >= 11 is 2.03. The van der Waals surface area contributed by atoms with Gasteiger partial charge in [-0.2, -0.15) is 0 Å². The second-order valence-electron chi connectivity index (χ2n) is 6.45. The van der Waals surface area contributed by atoms with Gasteiger partial charge in [-0.1, -0.05) is 42.5 Å². The van der Waals surface area contributed by atoms with Crippen molar-refractivity contribution in [1.82, 2.24) is 5.32 Å². The van der Waals surface area contributed by atoms with Crippen LogP contribution < -0.4 is 5.32 Å². The minimum atomic E-state index is 0.341. The summed E-state index contributed by atoms with van der Waals surface area (Å²) in [4.78, 5) is 1.50. The molecular formula is C19H21NS. The largest absolute Gasteiger partial charge is 0.315 e. The summed E-state index contributed by atoms with van der Waals surface area (Å²) in [6.45, 7) is 4.51. The molecule has 2 aromatic carbocycles. The highest BCUT2D eigenvalue weighted by Crippen LogP contribution is 2.47. The van der Waals surface area contributed by atoms with E-state index in [1.807, 2.05) is 11.8 Å². The number of thioether (sulfide) groups is 1. The zero-order valence-electron chi connectivity index (χ0n) is 12.4. The lowest BCUT2D eigenvalue weighted by atomic mass is 9.67. The Balaban J connectivity index is 1.65. The number of nitrogens with one attached hydrogen (secondary N) is 1. The van der Waals surface area contributed by atoms with Crippen LogP contribution in [0, 0.1) is 6.92 Å². The maximum absolute atomic E-state index is 3.52. The molecule has 21 heavy (non-hydrogen) atoms. The molecule has 2 aromatic rings. The Morgan fingerprint density at radius 2 is 1.86 bits per heavy atom. The summed E-state index contributed by atoms with van der Waals surface area (Å²) in [5.74, 6) is 1.94. The SMILES string of the molecule is Cc1ccccc1C1(CC2CSc3ccccc32)CNC1. The standard InChI is InChI=1S/C19H21NS/c1-14-6-2-4-8-17(14)19(12-20-13-19)10-15-11-21-18-9-5-3-7-16(15)18/h2-9,15,20H,10-13H2,1H3. The van der Waals surface area contributed by atoms with Crippen molar-refractivity contribution in [3.05, 3.63) is 65.2 Å². The van der Waals surface area contributed by atoms with E-state index in [0.29, 0.717) is 11.3 Å². The molecule has 0 aromatic heterocycles. The maximum Gasteiger partial charge on any atom is 0.0211 e. The lowest BCUT2D eigenvalue weighted by Crippen LogP contribution is -2.57. The lowest BCUT2D eigenvalue weighted by Gasteiger charge is -2.45. The Bertz CT molecular complexity index is 660. The fourth-order valence-electron chi connectivity index (χ4n) is 3.91. The molecule has 0 bridgehead atoms. The molecule has 1 N–H and O–H groups in total. The van der Waals surface area contributed by atoms with Crippen LogP contribution in [0.5, 0.6) is 0 Å². The second-order valence-corrected chi connectivity index (χ2v) is 7.51. The first-order valence-electron chi connectivity index (χ1n) is 7.77. The van der Waals surface area contributed by atoms with Crippen molar-refractivity contribution in [2.24, 2.45) is 0 Å². The molecule has 2 aliphatic heterocycles. The summed E-state index contributed by atoms with van der Waals surface area (Å²) in [5, 5.41) is 3.52. The maximum atomic E-state index is 3.52. The highest BCUT2D eigenvalue weighted by atomic mass is 32.2. The van der Waals surface area contributed by atoms with Crippen LogP contribution in [-0.2, 0) is 5.41 Å². The Hall–Kier alpha value is -1.25. The van der Waals surface area contributed by atoms with Gasteiger partial charge in [0.15, 0.2) is 0 Å². The fraction of sp³-hybridized carbons (Fsp3) is 0.368. The van der Waals surface area contributed by atoms with E-state index in [0.717, 1.165) is 13.1 Å². The van der Waals surface area contributed by atoms with E-state index in [1.54, 1.807) is 11.1 Å². The molecule has 0 aliphatic carbocycles. The monoisotopic (exact) mass is 295 g/mol. The molecule has 1 atom stereocenters. The van der Waals surface area contributed by atoms with Crippen LogP contribution in [0.2, 0.25) is 0 Å². The van der Waals surface area contributed by atoms with Gasteiger partial charge < -0.3 is 5.32 Å². The Morgan fingerprint density at radius 3 is 2.62 bits per heavy atom. The van der Waals surface area contributed by atoms with Gasteiger partial charge in [-0.05, 0) is 42.0 Å². The van der Waals surface area contributed by atoms with Crippen LogP contribution in [0.25, 0.3) is 0 Å². The molecule has 1 nitrogen and oxygen atoms in total. The molecule has 2 heteroatoms. The zero-order valence-corrected chi connectivity index (χ0v) is 13.2.